The summed E-state index contributed by atoms with van der Waals surface area (Å²) in [5, 5.41) is 4.59. The molecule has 1 unspecified atom stereocenters. The van der Waals surface area contributed by atoms with Gasteiger partial charge in [-0.15, -0.1) is 6.58 Å². The Morgan fingerprint density at radius 2 is 2.19 bits per heavy atom. The molecule has 0 saturated heterocycles. The van der Waals surface area contributed by atoms with Crippen molar-refractivity contribution in [2.75, 3.05) is 0 Å². The highest BCUT2D eigenvalue weighted by atomic mass is 16.3. The second kappa shape index (κ2) is 4.54. The third-order valence-electron chi connectivity index (χ3n) is 2.85. The quantitative estimate of drug-likeness (QED) is 0.791. The molecular formula is C14H17NO. The maximum Gasteiger partial charge on any atom is 0.134 e. The van der Waals surface area contributed by atoms with E-state index in [9.17, 15) is 0 Å². The molecule has 2 aromatic rings. The van der Waals surface area contributed by atoms with E-state index in [2.05, 4.69) is 24.9 Å². The van der Waals surface area contributed by atoms with Crippen molar-refractivity contribution in [2.45, 2.75) is 26.4 Å². The molecule has 0 aliphatic carbocycles. The van der Waals surface area contributed by atoms with E-state index in [-0.39, 0.29) is 0 Å². The number of benzene rings is 1. The van der Waals surface area contributed by atoms with Gasteiger partial charge in [-0.25, -0.2) is 0 Å². The molecule has 0 aliphatic heterocycles. The van der Waals surface area contributed by atoms with Crippen LogP contribution in [0.4, 0.5) is 0 Å². The summed E-state index contributed by atoms with van der Waals surface area (Å²) in [5.41, 5.74) is 2.20. The molecule has 1 aromatic carbocycles. The SMILES string of the molecule is C=CC(C)NCc1c(C)oc2ccccc12. The topological polar surface area (TPSA) is 25.2 Å². The zero-order chi connectivity index (χ0) is 11.5. The zero-order valence-corrected chi connectivity index (χ0v) is 9.79. The molecule has 0 saturated carbocycles. The van der Waals surface area contributed by atoms with Crippen molar-refractivity contribution in [2.24, 2.45) is 0 Å². The number of hydrogen-bond acceptors (Lipinski definition) is 2. The molecule has 1 heterocycles. The smallest absolute Gasteiger partial charge is 0.134 e. The molecule has 84 valence electrons. The molecule has 2 rings (SSSR count). The first-order valence-corrected chi connectivity index (χ1v) is 5.55. The van der Waals surface area contributed by atoms with E-state index in [1.54, 1.807) is 0 Å². The van der Waals surface area contributed by atoms with E-state index < -0.39 is 0 Å². The van der Waals surface area contributed by atoms with Gasteiger partial charge >= 0.3 is 0 Å². The minimum absolute atomic E-state index is 0.313. The summed E-state index contributed by atoms with van der Waals surface area (Å²) in [6.45, 7) is 8.67. The largest absolute Gasteiger partial charge is 0.461 e. The van der Waals surface area contributed by atoms with Crippen molar-refractivity contribution in [1.82, 2.24) is 5.32 Å². The van der Waals surface area contributed by atoms with Gasteiger partial charge in [0.05, 0.1) is 0 Å². The second-order valence-corrected chi connectivity index (χ2v) is 4.04. The predicted molar refractivity (Wildman–Crippen MR) is 67.4 cm³/mol. The Morgan fingerprint density at radius 1 is 1.44 bits per heavy atom. The lowest BCUT2D eigenvalue weighted by Crippen LogP contribution is -2.23. The third-order valence-corrected chi connectivity index (χ3v) is 2.85. The van der Waals surface area contributed by atoms with Gasteiger partial charge in [-0.1, -0.05) is 24.3 Å². The van der Waals surface area contributed by atoms with Gasteiger partial charge < -0.3 is 9.73 Å². The minimum Gasteiger partial charge on any atom is -0.461 e. The lowest BCUT2D eigenvalue weighted by atomic mass is 10.1. The standard InChI is InChI=1S/C14H17NO/c1-4-10(2)15-9-13-11(3)16-14-8-6-5-7-12(13)14/h4-8,10,15H,1,9H2,2-3H3. The molecular weight excluding hydrogens is 198 g/mol. The molecule has 1 atom stereocenters. The Morgan fingerprint density at radius 3 is 2.94 bits per heavy atom. The molecule has 2 nitrogen and oxygen atoms in total. The van der Waals surface area contributed by atoms with Gasteiger partial charge in [0.2, 0.25) is 0 Å². The first-order chi connectivity index (χ1) is 7.72. The molecule has 1 N–H and O–H groups in total. The van der Waals surface area contributed by atoms with Crippen molar-refractivity contribution >= 4 is 11.0 Å². The highest BCUT2D eigenvalue weighted by Gasteiger charge is 2.10. The number of hydrogen-bond donors (Lipinski definition) is 1. The van der Waals surface area contributed by atoms with Crippen molar-refractivity contribution in [3.63, 3.8) is 0 Å². The van der Waals surface area contributed by atoms with Crippen molar-refractivity contribution in [3.8, 4) is 0 Å². The van der Waals surface area contributed by atoms with Crippen LogP contribution < -0.4 is 5.32 Å². The van der Waals surface area contributed by atoms with E-state index in [4.69, 9.17) is 4.42 Å². The van der Waals surface area contributed by atoms with Crippen LogP contribution in [0.5, 0.6) is 0 Å². The maximum atomic E-state index is 5.70. The number of furan rings is 1. The number of fused-ring (bicyclic) bond motifs is 1. The van der Waals surface area contributed by atoms with Gasteiger partial charge in [0.25, 0.3) is 0 Å². The van der Waals surface area contributed by atoms with Crippen LogP contribution in [0.3, 0.4) is 0 Å². The summed E-state index contributed by atoms with van der Waals surface area (Å²) in [6, 6.07) is 8.45. The van der Waals surface area contributed by atoms with Crippen LogP contribution in [0.2, 0.25) is 0 Å². The summed E-state index contributed by atoms with van der Waals surface area (Å²) >= 11 is 0. The van der Waals surface area contributed by atoms with Crippen LogP contribution in [0, 0.1) is 6.92 Å². The number of para-hydroxylation sites is 1. The molecule has 0 fully saturated rings. The van der Waals surface area contributed by atoms with Gasteiger partial charge in [-0.05, 0) is 19.9 Å². The average Bonchev–Trinajstić information content (AvgIpc) is 2.62. The lowest BCUT2D eigenvalue weighted by Gasteiger charge is -2.08. The first-order valence-electron chi connectivity index (χ1n) is 5.55. The first kappa shape index (κ1) is 11.0. The molecule has 1 aromatic heterocycles. The summed E-state index contributed by atoms with van der Waals surface area (Å²) in [6.07, 6.45) is 1.90. The number of nitrogens with one attached hydrogen (secondary N) is 1. The van der Waals surface area contributed by atoms with Crippen molar-refractivity contribution in [1.29, 1.82) is 0 Å². The van der Waals surface area contributed by atoms with Crippen molar-refractivity contribution in [3.05, 3.63) is 48.2 Å². The highest BCUT2D eigenvalue weighted by Crippen LogP contribution is 2.24. The monoisotopic (exact) mass is 215 g/mol. The van der Waals surface area contributed by atoms with E-state index >= 15 is 0 Å². The summed E-state index contributed by atoms with van der Waals surface area (Å²) in [5.74, 6) is 0.991. The summed E-state index contributed by atoms with van der Waals surface area (Å²) in [7, 11) is 0. The summed E-state index contributed by atoms with van der Waals surface area (Å²) < 4.78 is 5.70. The Hall–Kier alpha value is -1.54. The normalized spacial score (nSPS) is 12.9. The number of rotatable bonds is 4. The molecule has 2 heteroatoms. The highest BCUT2D eigenvalue weighted by molar-refractivity contribution is 5.82. The van der Waals surface area contributed by atoms with E-state index in [1.807, 2.05) is 31.2 Å². The van der Waals surface area contributed by atoms with Gasteiger partial charge in [-0.3, -0.25) is 0 Å². The molecule has 0 bridgehead atoms. The van der Waals surface area contributed by atoms with Gasteiger partial charge in [-0.2, -0.15) is 0 Å². The molecule has 0 aliphatic rings. The Balaban J connectivity index is 2.29. The van der Waals surface area contributed by atoms with Crippen LogP contribution in [0.1, 0.15) is 18.2 Å². The van der Waals surface area contributed by atoms with E-state index in [0.29, 0.717) is 6.04 Å². The van der Waals surface area contributed by atoms with E-state index in [0.717, 1.165) is 17.9 Å². The van der Waals surface area contributed by atoms with Crippen LogP contribution in [-0.4, -0.2) is 6.04 Å². The van der Waals surface area contributed by atoms with Gasteiger partial charge in [0.15, 0.2) is 0 Å². The fraction of sp³-hybridized carbons (Fsp3) is 0.286. The average molecular weight is 215 g/mol. The summed E-state index contributed by atoms with van der Waals surface area (Å²) in [4.78, 5) is 0. The minimum atomic E-state index is 0.313. The molecule has 16 heavy (non-hydrogen) atoms. The zero-order valence-electron chi connectivity index (χ0n) is 9.79. The molecule has 0 spiro atoms. The fourth-order valence-electron chi connectivity index (χ4n) is 1.79. The fourth-order valence-corrected chi connectivity index (χ4v) is 1.79. The lowest BCUT2D eigenvalue weighted by molar-refractivity contribution is 0.560. The Kier molecular flexibility index (Phi) is 3.11. The van der Waals surface area contributed by atoms with Gasteiger partial charge in [0, 0.05) is 23.5 Å². The van der Waals surface area contributed by atoms with E-state index in [1.165, 1.54) is 10.9 Å². The number of aryl methyl sites for hydroxylation is 1. The maximum absolute atomic E-state index is 5.70. The third kappa shape index (κ3) is 2.02. The Labute approximate surface area is 96.0 Å². The predicted octanol–water partition coefficient (Wildman–Crippen LogP) is 3.41. The second-order valence-electron chi connectivity index (χ2n) is 4.04. The molecule has 0 amide bonds. The van der Waals surface area contributed by atoms with Crippen LogP contribution in [0.15, 0.2) is 41.3 Å². The van der Waals surface area contributed by atoms with Crippen LogP contribution >= 0.6 is 0 Å². The van der Waals surface area contributed by atoms with Crippen LogP contribution in [0.25, 0.3) is 11.0 Å². The van der Waals surface area contributed by atoms with Crippen molar-refractivity contribution < 1.29 is 4.42 Å². The Bertz CT molecular complexity index is 498. The molecule has 0 radical (unpaired) electrons. The van der Waals surface area contributed by atoms with Gasteiger partial charge in [0.1, 0.15) is 11.3 Å². The van der Waals surface area contributed by atoms with Crippen LogP contribution in [-0.2, 0) is 6.54 Å².